The molecular weight excluding hydrogens is 1230 g/mol. The highest BCUT2D eigenvalue weighted by molar-refractivity contribution is 7.47. The molecule has 0 aromatic rings. The molecule has 0 aliphatic heterocycles. The Balaban J connectivity index is 5.33. The Morgan fingerprint density at radius 1 is 0.309 bits per heavy atom. The zero-order valence-corrected chi connectivity index (χ0v) is 61.4. The summed E-state index contributed by atoms with van der Waals surface area (Å²) in [6, 6.07) is 0. The summed E-state index contributed by atoms with van der Waals surface area (Å²) in [5, 5.41) is 10.6. The lowest BCUT2D eigenvalue weighted by Gasteiger charge is -2.21. The number of aliphatic hydroxyl groups is 1. The van der Waals surface area contributed by atoms with Crippen LogP contribution in [-0.4, -0.2) is 96.7 Å². The van der Waals surface area contributed by atoms with E-state index in [2.05, 4.69) is 88.5 Å². The van der Waals surface area contributed by atoms with E-state index in [1.165, 1.54) is 103 Å². The van der Waals surface area contributed by atoms with Gasteiger partial charge in [-0.2, -0.15) is 0 Å². The van der Waals surface area contributed by atoms with Crippen molar-refractivity contribution in [1.82, 2.24) is 0 Å². The van der Waals surface area contributed by atoms with Gasteiger partial charge in [0.25, 0.3) is 0 Å². The number of rotatable bonds is 71. The minimum atomic E-state index is -4.97. The Morgan fingerprint density at radius 2 is 0.553 bits per heavy atom. The fourth-order valence-electron chi connectivity index (χ4n) is 10.2. The molecule has 94 heavy (non-hydrogen) atoms. The van der Waals surface area contributed by atoms with Gasteiger partial charge in [0.1, 0.15) is 19.3 Å². The molecule has 0 aromatic heterocycles. The van der Waals surface area contributed by atoms with Crippen LogP contribution < -0.4 is 0 Å². The maximum Gasteiger partial charge on any atom is 0.472 e. The lowest BCUT2D eigenvalue weighted by molar-refractivity contribution is -0.161. The molecule has 0 radical (unpaired) electrons. The average molecular weight is 1370 g/mol. The van der Waals surface area contributed by atoms with Crippen LogP contribution in [0.1, 0.15) is 336 Å². The van der Waals surface area contributed by atoms with Crippen molar-refractivity contribution in [3.8, 4) is 0 Å². The zero-order valence-electron chi connectivity index (χ0n) is 59.6. The van der Waals surface area contributed by atoms with Gasteiger partial charge < -0.3 is 33.8 Å². The average Bonchev–Trinajstić information content (AvgIpc) is 1.67. The van der Waals surface area contributed by atoms with Crippen LogP contribution in [0.2, 0.25) is 0 Å². The first-order valence-electron chi connectivity index (χ1n) is 37.5. The van der Waals surface area contributed by atoms with Crippen LogP contribution in [0.5, 0.6) is 0 Å². The predicted octanol–water partition coefficient (Wildman–Crippen LogP) is 21.1. The Hall–Kier alpha value is -3.24. The standard InChI is InChI=1S/C75H136O17P2/c1-5-9-13-17-21-25-29-33-34-38-40-44-48-52-56-60-73(78)86-66-71(92-75(80)62-58-54-50-46-42-37-32-28-24-20-16-12-8-4)68-90-94(83,84)88-64-69(76)63-87-93(81,82)89-67-70(91-74(79)61-57-53-49-45-41-36-31-27-23-19-15-11-7-3)65-85-72(77)59-55-51-47-43-39-35-30-26-22-18-14-10-6-2/h9,13,21,25-27,30-31,33-34,69-71,76H,5-8,10-12,14-20,22-24,28-29,32,35-68H2,1-4H3,(H,81,82)(H,83,84)/b13-9-,25-21-,30-26-,31-27-,34-33-. The molecular formula is C75H136O17P2. The lowest BCUT2D eigenvalue weighted by Crippen LogP contribution is -2.30. The molecule has 0 aliphatic carbocycles. The Bertz CT molecular complexity index is 2030. The van der Waals surface area contributed by atoms with E-state index in [-0.39, 0.29) is 25.7 Å². The molecule has 0 amide bonds. The number of carbonyl (C=O) groups excluding carboxylic acids is 4. The lowest BCUT2D eigenvalue weighted by atomic mass is 10.0. The van der Waals surface area contributed by atoms with Crippen LogP contribution in [-0.2, 0) is 65.4 Å². The van der Waals surface area contributed by atoms with E-state index in [1.807, 2.05) is 0 Å². The molecule has 17 nitrogen and oxygen atoms in total. The minimum Gasteiger partial charge on any atom is -0.462 e. The van der Waals surface area contributed by atoms with Gasteiger partial charge in [0.05, 0.1) is 26.4 Å². The second-order valence-corrected chi connectivity index (χ2v) is 28.1. The molecule has 0 rings (SSSR count). The molecule has 0 heterocycles. The second kappa shape index (κ2) is 68.3. The van der Waals surface area contributed by atoms with Crippen LogP contribution in [0.4, 0.5) is 0 Å². The SMILES string of the molecule is CC/C=C\C/C=C\C/C=C\CCCCCCCC(=O)OCC(COP(=O)(O)OCC(O)COP(=O)(O)OCC(COC(=O)CCCCCCC/C=C\CCCCCC)OC(=O)CCCCCCC/C=C\CCCCCC)OC(=O)CCCCCCCCCCCCCCC. The van der Waals surface area contributed by atoms with E-state index in [1.54, 1.807) is 0 Å². The van der Waals surface area contributed by atoms with Crippen LogP contribution in [0.25, 0.3) is 0 Å². The molecule has 3 N–H and O–H groups in total. The first-order valence-corrected chi connectivity index (χ1v) is 40.5. The van der Waals surface area contributed by atoms with Crippen molar-refractivity contribution in [1.29, 1.82) is 0 Å². The highest BCUT2D eigenvalue weighted by Gasteiger charge is 2.30. The Kier molecular flexibility index (Phi) is 65.9. The largest absolute Gasteiger partial charge is 0.472 e. The van der Waals surface area contributed by atoms with E-state index >= 15 is 0 Å². The third-order valence-electron chi connectivity index (χ3n) is 16.0. The van der Waals surface area contributed by atoms with Gasteiger partial charge in [0.2, 0.25) is 0 Å². The van der Waals surface area contributed by atoms with Gasteiger partial charge in [-0.25, -0.2) is 9.13 Å². The van der Waals surface area contributed by atoms with Crippen LogP contribution in [0.15, 0.2) is 60.8 Å². The van der Waals surface area contributed by atoms with E-state index in [0.29, 0.717) is 25.7 Å². The molecule has 0 aliphatic rings. The molecule has 0 fully saturated rings. The summed E-state index contributed by atoms with van der Waals surface area (Å²) in [5.41, 5.74) is 0. The smallest absolute Gasteiger partial charge is 0.462 e. The summed E-state index contributed by atoms with van der Waals surface area (Å²) < 4.78 is 68.4. The summed E-state index contributed by atoms with van der Waals surface area (Å²) in [6.07, 6.45) is 65.0. The molecule has 5 unspecified atom stereocenters. The first kappa shape index (κ1) is 90.8. The number of unbranched alkanes of at least 4 members (excludes halogenated alkanes) is 35. The molecule has 0 saturated heterocycles. The third-order valence-corrected chi connectivity index (χ3v) is 17.9. The first-order chi connectivity index (χ1) is 45.7. The Labute approximate surface area is 571 Å². The minimum absolute atomic E-state index is 0.0872. The highest BCUT2D eigenvalue weighted by Crippen LogP contribution is 2.45. The number of phosphoric acid groups is 2. The van der Waals surface area contributed by atoms with E-state index in [0.717, 1.165) is 154 Å². The molecule has 548 valence electrons. The number of phosphoric ester groups is 2. The van der Waals surface area contributed by atoms with E-state index < -0.39 is 97.5 Å². The molecule has 0 saturated carbocycles. The molecule has 0 aromatic carbocycles. The van der Waals surface area contributed by atoms with Crippen LogP contribution in [0.3, 0.4) is 0 Å². The number of hydrogen-bond acceptors (Lipinski definition) is 15. The Morgan fingerprint density at radius 3 is 0.872 bits per heavy atom. The quantitative estimate of drug-likeness (QED) is 0.0169. The summed E-state index contributed by atoms with van der Waals surface area (Å²) in [6.45, 7) is 4.73. The van der Waals surface area contributed by atoms with Crippen LogP contribution >= 0.6 is 15.6 Å². The van der Waals surface area contributed by atoms with Crippen molar-refractivity contribution in [2.75, 3.05) is 39.6 Å². The fraction of sp³-hybridized carbons (Fsp3) is 0.813. The third kappa shape index (κ3) is 67.3. The fourth-order valence-corrected chi connectivity index (χ4v) is 11.8. The van der Waals surface area contributed by atoms with Gasteiger partial charge in [-0.1, -0.05) is 262 Å². The van der Waals surface area contributed by atoms with Crippen molar-refractivity contribution in [2.45, 2.75) is 354 Å². The maximum atomic E-state index is 13.1. The van der Waals surface area contributed by atoms with Crippen LogP contribution in [0, 0.1) is 0 Å². The second-order valence-electron chi connectivity index (χ2n) is 25.2. The summed E-state index contributed by atoms with van der Waals surface area (Å²) in [7, 11) is -9.93. The van der Waals surface area contributed by atoms with Gasteiger partial charge >= 0.3 is 39.5 Å². The molecule has 5 atom stereocenters. The molecule has 0 spiro atoms. The summed E-state index contributed by atoms with van der Waals surface area (Å²) >= 11 is 0. The number of aliphatic hydroxyl groups excluding tert-OH is 1. The number of hydrogen-bond donors (Lipinski definition) is 3. The van der Waals surface area contributed by atoms with Crippen molar-refractivity contribution in [3.05, 3.63) is 60.8 Å². The number of allylic oxidation sites excluding steroid dienone is 10. The van der Waals surface area contributed by atoms with Crippen molar-refractivity contribution < 1.29 is 80.2 Å². The monoisotopic (exact) mass is 1370 g/mol. The maximum absolute atomic E-state index is 13.1. The van der Waals surface area contributed by atoms with Crippen molar-refractivity contribution in [2.24, 2.45) is 0 Å². The summed E-state index contributed by atoms with van der Waals surface area (Å²) in [4.78, 5) is 72.7. The van der Waals surface area contributed by atoms with E-state index in [4.69, 9.17) is 37.0 Å². The van der Waals surface area contributed by atoms with Gasteiger partial charge in [0, 0.05) is 25.7 Å². The highest BCUT2D eigenvalue weighted by atomic mass is 31.2. The van der Waals surface area contributed by atoms with Crippen molar-refractivity contribution in [3.63, 3.8) is 0 Å². The number of esters is 4. The molecule has 19 heteroatoms. The normalized spacial score (nSPS) is 14.3. The van der Waals surface area contributed by atoms with Gasteiger partial charge in [-0.3, -0.25) is 37.3 Å². The van der Waals surface area contributed by atoms with Gasteiger partial charge in [-0.15, -0.1) is 0 Å². The zero-order chi connectivity index (χ0) is 69.0. The summed E-state index contributed by atoms with van der Waals surface area (Å²) in [5.74, 6) is -2.19. The van der Waals surface area contributed by atoms with E-state index in [9.17, 15) is 43.2 Å². The van der Waals surface area contributed by atoms with Gasteiger partial charge in [0.15, 0.2) is 12.2 Å². The number of ether oxygens (including phenoxy) is 4. The molecule has 0 bridgehead atoms. The van der Waals surface area contributed by atoms with Crippen molar-refractivity contribution >= 4 is 39.5 Å². The number of carbonyl (C=O) groups is 4. The predicted molar refractivity (Wildman–Crippen MR) is 381 cm³/mol. The topological polar surface area (TPSA) is 237 Å². The van der Waals surface area contributed by atoms with Gasteiger partial charge in [-0.05, 0) is 109 Å².